The first-order valence-corrected chi connectivity index (χ1v) is 9.93. The van der Waals surface area contributed by atoms with Crippen LogP contribution in [0.5, 0.6) is 0 Å². The Morgan fingerprint density at radius 1 is 1.00 bits per heavy atom. The third-order valence-corrected chi connectivity index (χ3v) is 8.62. The van der Waals surface area contributed by atoms with Crippen molar-refractivity contribution >= 4 is 17.9 Å². The van der Waals surface area contributed by atoms with Gasteiger partial charge in [-0.15, -0.1) is 0 Å². The van der Waals surface area contributed by atoms with Crippen molar-refractivity contribution in [1.29, 1.82) is 0 Å². The highest BCUT2D eigenvalue weighted by molar-refractivity contribution is 5.93. The first kappa shape index (κ1) is 18.8. The second-order valence-electron chi connectivity index (χ2n) is 10.4. The van der Waals surface area contributed by atoms with Crippen LogP contribution in [0.15, 0.2) is 0 Å². The molecule has 6 heteroatoms. The molecule has 1 saturated heterocycles. The summed E-state index contributed by atoms with van der Waals surface area (Å²) in [6, 6.07) is 0. The van der Waals surface area contributed by atoms with Gasteiger partial charge in [0.25, 0.3) is 0 Å². The van der Waals surface area contributed by atoms with E-state index in [0.717, 1.165) is 0 Å². The number of esters is 3. The maximum atomic E-state index is 13.4. The number of hydrogen-bond donors (Lipinski definition) is 0. The van der Waals surface area contributed by atoms with Crippen molar-refractivity contribution in [3.8, 4) is 0 Å². The smallest absolute Gasteiger partial charge is 0.351 e. The normalized spacial score (nSPS) is 48.0. The Balaban J connectivity index is 1.61. The van der Waals surface area contributed by atoms with E-state index < -0.39 is 27.8 Å². The Bertz CT molecular complexity index is 739. The van der Waals surface area contributed by atoms with E-state index in [0.29, 0.717) is 18.8 Å². The van der Waals surface area contributed by atoms with Gasteiger partial charge < -0.3 is 14.2 Å². The lowest BCUT2D eigenvalue weighted by atomic mass is 9.66. The number of fused-ring (bicyclic) bond motifs is 3. The van der Waals surface area contributed by atoms with Gasteiger partial charge in [-0.1, -0.05) is 34.6 Å². The predicted octanol–water partition coefficient (Wildman–Crippen LogP) is 2.87. The molecular formula is C21H30O6. The summed E-state index contributed by atoms with van der Waals surface area (Å²) in [5.41, 5.74) is -2.98. The molecule has 4 fully saturated rings. The van der Waals surface area contributed by atoms with Gasteiger partial charge in [0.2, 0.25) is 5.60 Å². The number of hydrogen-bond acceptors (Lipinski definition) is 6. The molecule has 0 unspecified atom stereocenters. The van der Waals surface area contributed by atoms with Crippen molar-refractivity contribution in [2.24, 2.45) is 34.0 Å². The topological polar surface area (TPSA) is 78.9 Å². The monoisotopic (exact) mass is 378 g/mol. The van der Waals surface area contributed by atoms with Crippen LogP contribution in [0.1, 0.15) is 61.3 Å². The Labute approximate surface area is 160 Å². The molecule has 0 amide bonds. The van der Waals surface area contributed by atoms with Crippen LogP contribution in [-0.4, -0.2) is 35.7 Å². The summed E-state index contributed by atoms with van der Waals surface area (Å²) in [5.74, 6) is -0.331. The van der Waals surface area contributed by atoms with Gasteiger partial charge in [-0.05, 0) is 25.7 Å². The van der Waals surface area contributed by atoms with Gasteiger partial charge in [0, 0.05) is 29.6 Å². The van der Waals surface area contributed by atoms with Crippen LogP contribution in [0.4, 0.5) is 0 Å². The molecule has 27 heavy (non-hydrogen) atoms. The van der Waals surface area contributed by atoms with Gasteiger partial charge in [0.15, 0.2) is 0 Å². The molecule has 1 aliphatic heterocycles. The Morgan fingerprint density at radius 3 is 2.00 bits per heavy atom. The molecular weight excluding hydrogens is 348 g/mol. The van der Waals surface area contributed by atoms with Crippen molar-refractivity contribution in [3.63, 3.8) is 0 Å². The molecule has 1 heterocycles. The number of carbonyl (C=O) groups is 3. The fraction of sp³-hybridized carbons (Fsp3) is 0.857. The first-order valence-electron chi connectivity index (χ1n) is 9.93. The van der Waals surface area contributed by atoms with E-state index in [2.05, 4.69) is 6.92 Å². The van der Waals surface area contributed by atoms with Crippen molar-refractivity contribution in [2.45, 2.75) is 79.1 Å². The minimum atomic E-state index is -1.22. The molecule has 3 aliphatic carbocycles. The standard InChI is InChI=1S/C21H30O6/c1-10-12-13(10)15(18(3,4)14(12)25-11(2)22)26-17(24)21-9-8-20(7,16(23)27-21)19(21,5)6/h10,12-15H,8-9H2,1-7H3/t10-,12-,13+,14-,15+,20+,21-/m1/s1. The Morgan fingerprint density at radius 2 is 1.56 bits per heavy atom. The zero-order valence-electron chi connectivity index (χ0n) is 17.3. The van der Waals surface area contributed by atoms with Crippen LogP contribution in [0.2, 0.25) is 0 Å². The molecule has 7 atom stereocenters. The second-order valence-corrected chi connectivity index (χ2v) is 10.4. The lowest BCUT2D eigenvalue weighted by Crippen LogP contribution is -2.52. The SMILES string of the molecule is CC(=O)O[C@@H]1[C@@H]2[C@@H](C)[C@@H]2[C@H](OC(=O)[C@@]23CC[C@@](C)(C(=O)O2)C3(C)C)C1(C)C. The minimum absolute atomic E-state index is 0.178. The van der Waals surface area contributed by atoms with E-state index in [4.69, 9.17) is 14.2 Å². The van der Waals surface area contributed by atoms with Gasteiger partial charge in [-0.3, -0.25) is 9.59 Å². The molecule has 0 spiro atoms. The quantitative estimate of drug-likeness (QED) is 0.555. The van der Waals surface area contributed by atoms with Crippen molar-refractivity contribution in [1.82, 2.24) is 0 Å². The largest absolute Gasteiger partial charge is 0.462 e. The van der Waals surface area contributed by atoms with E-state index in [9.17, 15) is 14.4 Å². The Kier molecular flexibility index (Phi) is 3.52. The molecule has 6 nitrogen and oxygen atoms in total. The molecule has 3 saturated carbocycles. The summed E-state index contributed by atoms with van der Waals surface area (Å²) in [4.78, 5) is 37.4. The lowest BCUT2D eigenvalue weighted by Gasteiger charge is -2.39. The number of ether oxygens (including phenoxy) is 3. The van der Waals surface area contributed by atoms with Gasteiger partial charge >= 0.3 is 17.9 Å². The zero-order chi connectivity index (χ0) is 20.2. The fourth-order valence-electron chi connectivity index (χ4n) is 6.19. The average Bonchev–Trinajstić information content (AvgIpc) is 3.02. The predicted molar refractivity (Wildman–Crippen MR) is 95.3 cm³/mol. The van der Waals surface area contributed by atoms with E-state index in [1.165, 1.54) is 6.92 Å². The van der Waals surface area contributed by atoms with Crippen LogP contribution in [0.25, 0.3) is 0 Å². The third kappa shape index (κ3) is 1.99. The summed E-state index contributed by atoms with van der Waals surface area (Å²) in [5, 5.41) is 0. The van der Waals surface area contributed by atoms with Crippen LogP contribution in [-0.2, 0) is 28.6 Å². The summed E-state index contributed by atoms with van der Waals surface area (Å²) in [7, 11) is 0. The molecule has 4 aliphatic rings. The molecule has 0 aromatic rings. The van der Waals surface area contributed by atoms with E-state index in [1.54, 1.807) is 0 Å². The maximum Gasteiger partial charge on any atom is 0.351 e. The minimum Gasteiger partial charge on any atom is -0.462 e. The summed E-state index contributed by atoms with van der Waals surface area (Å²) < 4.78 is 17.4. The fourth-order valence-corrected chi connectivity index (χ4v) is 6.19. The van der Waals surface area contributed by atoms with Crippen LogP contribution >= 0.6 is 0 Å². The maximum absolute atomic E-state index is 13.4. The molecule has 0 N–H and O–H groups in total. The van der Waals surface area contributed by atoms with Gasteiger partial charge in [0.05, 0.1) is 5.41 Å². The highest BCUT2D eigenvalue weighted by Gasteiger charge is 2.78. The van der Waals surface area contributed by atoms with Gasteiger partial charge in [-0.2, -0.15) is 0 Å². The van der Waals surface area contributed by atoms with Crippen molar-refractivity contribution in [3.05, 3.63) is 0 Å². The van der Waals surface area contributed by atoms with Crippen molar-refractivity contribution in [2.75, 3.05) is 0 Å². The zero-order valence-corrected chi connectivity index (χ0v) is 17.3. The highest BCUT2D eigenvalue weighted by atomic mass is 16.6. The highest BCUT2D eigenvalue weighted by Crippen LogP contribution is 2.68. The number of rotatable bonds is 3. The molecule has 4 rings (SSSR count). The van der Waals surface area contributed by atoms with Crippen LogP contribution in [0.3, 0.4) is 0 Å². The lowest BCUT2D eigenvalue weighted by molar-refractivity contribution is -0.195. The van der Waals surface area contributed by atoms with Crippen molar-refractivity contribution < 1.29 is 28.6 Å². The molecule has 0 radical (unpaired) electrons. The summed E-state index contributed by atoms with van der Waals surface area (Å²) in [6.45, 7) is 13.2. The van der Waals surface area contributed by atoms with E-state index >= 15 is 0 Å². The second kappa shape index (κ2) is 5.06. The molecule has 0 aromatic carbocycles. The van der Waals surface area contributed by atoms with Gasteiger partial charge in [-0.25, -0.2) is 4.79 Å². The molecule has 150 valence electrons. The number of carbonyl (C=O) groups excluding carboxylic acids is 3. The average molecular weight is 378 g/mol. The van der Waals surface area contributed by atoms with Crippen LogP contribution < -0.4 is 0 Å². The Hall–Kier alpha value is -1.59. The third-order valence-electron chi connectivity index (χ3n) is 8.62. The first-order chi connectivity index (χ1) is 12.3. The summed E-state index contributed by atoms with van der Waals surface area (Å²) in [6.07, 6.45) is 0.496. The molecule has 2 bridgehead atoms. The summed E-state index contributed by atoms with van der Waals surface area (Å²) >= 11 is 0. The van der Waals surface area contributed by atoms with Crippen LogP contribution in [0, 0.1) is 34.0 Å². The van der Waals surface area contributed by atoms with E-state index in [-0.39, 0.29) is 36.0 Å². The van der Waals surface area contributed by atoms with Gasteiger partial charge in [0.1, 0.15) is 12.2 Å². The van der Waals surface area contributed by atoms with E-state index in [1.807, 2.05) is 34.6 Å². The molecule has 0 aromatic heterocycles.